The molecule has 2 nitrogen and oxygen atoms in total. The van der Waals surface area contributed by atoms with E-state index in [0.717, 1.165) is 24.7 Å². The van der Waals surface area contributed by atoms with Gasteiger partial charge in [-0.2, -0.15) is 0 Å². The highest BCUT2D eigenvalue weighted by Crippen LogP contribution is 2.66. The Kier molecular flexibility index (Phi) is 6.01. The molecular formula is C27H46O2. The van der Waals surface area contributed by atoms with Gasteiger partial charge >= 0.3 is 0 Å². The summed E-state index contributed by atoms with van der Waals surface area (Å²) in [5, 5.41) is 22.8. The van der Waals surface area contributed by atoms with E-state index >= 15 is 0 Å². The van der Waals surface area contributed by atoms with Gasteiger partial charge in [-0.25, -0.2) is 0 Å². The number of fused-ring (bicyclic) bond motifs is 4. The Bertz CT molecular complexity index is 636. The summed E-state index contributed by atoms with van der Waals surface area (Å²) < 4.78 is 0. The summed E-state index contributed by atoms with van der Waals surface area (Å²) in [6.45, 7) is 12.0. The Morgan fingerprint density at radius 1 is 0.966 bits per heavy atom. The van der Waals surface area contributed by atoms with Gasteiger partial charge in [-0.15, -0.1) is 0 Å². The first-order chi connectivity index (χ1) is 13.7. The van der Waals surface area contributed by atoms with Gasteiger partial charge in [0.15, 0.2) is 0 Å². The second-order valence-electron chi connectivity index (χ2n) is 12.2. The molecule has 0 bridgehead atoms. The van der Waals surface area contributed by atoms with E-state index in [1.165, 1.54) is 68.9 Å². The summed E-state index contributed by atoms with van der Waals surface area (Å²) in [6.07, 6.45) is 12.7. The largest absolute Gasteiger partial charge is 0.389 e. The highest BCUT2D eigenvalue weighted by molar-refractivity contribution is 5.39. The molecule has 8 atom stereocenters. The van der Waals surface area contributed by atoms with E-state index in [2.05, 4.69) is 34.6 Å². The maximum atomic E-state index is 11.5. The number of rotatable bonds is 5. The molecule has 4 aliphatic rings. The van der Waals surface area contributed by atoms with E-state index in [9.17, 15) is 10.2 Å². The van der Waals surface area contributed by atoms with E-state index in [4.69, 9.17) is 0 Å². The molecule has 2 fully saturated rings. The highest BCUT2D eigenvalue weighted by atomic mass is 16.3. The number of aliphatic hydroxyl groups excluding tert-OH is 2. The average Bonchev–Trinajstić information content (AvgIpc) is 2.98. The lowest BCUT2D eigenvalue weighted by molar-refractivity contribution is -0.0227. The lowest BCUT2D eigenvalue weighted by Gasteiger charge is -2.57. The fourth-order valence-corrected chi connectivity index (χ4v) is 8.61. The molecule has 4 aliphatic carbocycles. The zero-order chi connectivity index (χ0) is 21.0. The van der Waals surface area contributed by atoms with Crippen LogP contribution in [-0.2, 0) is 0 Å². The Morgan fingerprint density at radius 3 is 2.45 bits per heavy atom. The van der Waals surface area contributed by atoms with Crippen LogP contribution >= 0.6 is 0 Å². The Hall–Kier alpha value is -0.340. The summed E-state index contributed by atoms with van der Waals surface area (Å²) >= 11 is 0. The van der Waals surface area contributed by atoms with E-state index in [-0.39, 0.29) is 23.0 Å². The summed E-state index contributed by atoms with van der Waals surface area (Å²) in [4.78, 5) is 0. The topological polar surface area (TPSA) is 40.5 Å². The maximum Gasteiger partial charge on any atom is 0.0764 e. The van der Waals surface area contributed by atoms with Crippen molar-refractivity contribution in [1.82, 2.24) is 0 Å². The third-order valence-electron chi connectivity index (χ3n) is 10.1. The standard InChI is InChI=1S/C27H46O2/c1-17(2)9-8-10-18(3)20-12-13-21-24-22(28)15-19-11-6-7-14-26(19,4)25(24)23(29)16-27(20,21)5/h17-23,28-29H,6-16H2,1-5H3/t18-,19?,20-,21+,22?,23?,26+,27-/m1/s1. The van der Waals surface area contributed by atoms with Gasteiger partial charge in [0.05, 0.1) is 12.2 Å². The predicted molar refractivity (Wildman–Crippen MR) is 121 cm³/mol. The summed E-state index contributed by atoms with van der Waals surface area (Å²) in [5.74, 6) is 3.26. The molecule has 0 aromatic carbocycles. The molecule has 0 heterocycles. The third-order valence-corrected chi connectivity index (χ3v) is 10.1. The van der Waals surface area contributed by atoms with Crippen molar-refractivity contribution in [2.75, 3.05) is 0 Å². The molecule has 0 radical (unpaired) electrons. The zero-order valence-electron chi connectivity index (χ0n) is 19.7. The van der Waals surface area contributed by atoms with Crippen LogP contribution in [0.15, 0.2) is 11.1 Å². The quantitative estimate of drug-likeness (QED) is 0.515. The third kappa shape index (κ3) is 3.55. The lowest BCUT2D eigenvalue weighted by atomic mass is 9.49. The Labute approximate surface area is 179 Å². The molecule has 0 aliphatic heterocycles. The minimum Gasteiger partial charge on any atom is -0.389 e. The normalized spacial score (nSPS) is 45.7. The van der Waals surface area contributed by atoms with E-state index in [1.54, 1.807) is 0 Å². The fraction of sp³-hybridized carbons (Fsp3) is 0.926. The van der Waals surface area contributed by atoms with Crippen molar-refractivity contribution in [3.63, 3.8) is 0 Å². The van der Waals surface area contributed by atoms with E-state index in [1.807, 2.05) is 0 Å². The maximum absolute atomic E-state index is 11.5. The predicted octanol–water partition coefficient (Wildman–Crippen LogP) is 6.50. The molecule has 2 N–H and O–H groups in total. The van der Waals surface area contributed by atoms with Crippen LogP contribution in [0, 0.1) is 40.4 Å². The molecule has 166 valence electrons. The molecule has 0 saturated heterocycles. The van der Waals surface area contributed by atoms with Crippen LogP contribution in [0.4, 0.5) is 0 Å². The van der Waals surface area contributed by atoms with Gasteiger partial charge in [-0.3, -0.25) is 0 Å². The van der Waals surface area contributed by atoms with Crippen molar-refractivity contribution in [3.8, 4) is 0 Å². The zero-order valence-corrected chi connectivity index (χ0v) is 19.7. The molecule has 0 amide bonds. The summed E-state index contributed by atoms with van der Waals surface area (Å²) in [5.41, 5.74) is 2.91. The van der Waals surface area contributed by atoms with E-state index < -0.39 is 0 Å². The minimum absolute atomic E-state index is 0.133. The van der Waals surface area contributed by atoms with Crippen LogP contribution in [0.1, 0.15) is 105 Å². The lowest BCUT2D eigenvalue weighted by Crippen LogP contribution is -2.52. The SMILES string of the molecule is CC(C)CCC[C@@H](C)[C@H]1CC[C@H]2C3=C(C(O)C[C@]12C)[C@@]1(C)CCCCC1CC3O. The van der Waals surface area contributed by atoms with Crippen LogP contribution < -0.4 is 0 Å². The number of hydrogen-bond donors (Lipinski definition) is 2. The van der Waals surface area contributed by atoms with Crippen LogP contribution in [0.2, 0.25) is 0 Å². The first kappa shape index (κ1) is 21.9. The van der Waals surface area contributed by atoms with E-state index in [0.29, 0.717) is 17.8 Å². The fourth-order valence-electron chi connectivity index (χ4n) is 8.61. The second kappa shape index (κ2) is 7.97. The highest BCUT2D eigenvalue weighted by Gasteiger charge is 2.59. The molecule has 0 aromatic rings. The van der Waals surface area contributed by atoms with Crippen molar-refractivity contribution in [2.24, 2.45) is 40.4 Å². The Morgan fingerprint density at radius 2 is 1.72 bits per heavy atom. The van der Waals surface area contributed by atoms with Gasteiger partial charge in [0.25, 0.3) is 0 Å². The average molecular weight is 403 g/mol. The van der Waals surface area contributed by atoms with Gasteiger partial charge in [-0.05, 0) is 90.1 Å². The molecule has 0 aromatic heterocycles. The van der Waals surface area contributed by atoms with Crippen molar-refractivity contribution < 1.29 is 10.2 Å². The first-order valence-electron chi connectivity index (χ1n) is 12.8. The Balaban J connectivity index is 1.62. The van der Waals surface area contributed by atoms with Crippen LogP contribution in [0.25, 0.3) is 0 Å². The number of aliphatic hydroxyl groups is 2. The molecule has 2 saturated carbocycles. The van der Waals surface area contributed by atoms with Crippen molar-refractivity contribution in [2.45, 2.75) is 117 Å². The van der Waals surface area contributed by atoms with Crippen molar-refractivity contribution in [3.05, 3.63) is 11.1 Å². The first-order valence-corrected chi connectivity index (χ1v) is 12.8. The summed E-state index contributed by atoms with van der Waals surface area (Å²) in [7, 11) is 0. The number of hydrogen-bond acceptors (Lipinski definition) is 2. The van der Waals surface area contributed by atoms with Crippen LogP contribution in [0.5, 0.6) is 0 Å². The smallest absolute Gasteiger partial charge is 0.0764 e. The van der Waals surface area contributed by atoms with Gasteiger partial charge in [0, 0.05) is 0 Å². The molecular weight excluding hydrogens is 356 g/mol. The van der Waals surface area contributed by atoms with Crippen molar-refractivity contribution in [1.29, 1.82) is 0 Å². The van der Waals surface area contributed by atoms with Gasteiger partial charge in [-0.1, -0.05) is 66.7 Å². The van der Waals surface area contributed by atoms with Crippen molar-refractivity contribution >= 4 is 0 Å². The van der Waals surface area contributed by atoms with Gasteiger partial charge in [0.2, 0.25) is 0 Å². The van der Waals surface area contributed by atoms with Gasteiger partial charge < -0.3 is 10.2 Å². The summed E-state index contributed by atoms with van der Waals surface area (Å²) in [6, 6.07) is 0. The second-order valence-corrected chi connectivity index (χ2v) is 12.2. The van der Waals surface area contributed by atoms with Gasteiger partial charge in [0.1, 0.15) is 0 Å². The molecule has 2 heteroatoms. The molecule has 29 heavy (non-hydrogen) atoms. The molecule has 4 rings (SSSR count). The molecule has 3 unspecified atom stereocenters. The minimum atomic E-state index is -0.338. The van der Waals surface area contributed by atoms with Crippen LogP contribution in [-0.4, -0.2) is 22.4 Å². The monoisotopic (exact) mass is 402 g/mol. The van der Waals surface area contributed by atoms with Crippen LogP contribution in [0.3, 0.4) is 0 Å². The molecule has 0 spiro atoms.